The van der Waals surface area contributed by atoms with E-state index in [1.54, 1.807) is 4.90 Å². The highest BCUT2D eigenvalue weighted by molar-refractivity contribution is 5.94. The largest absolute Gasteiger partial charge is 0.444 e. The Morgan fingerprint density at radius 3 is 1.92 bits per heavy atom. The predicted molar refractivity (Wildman–Crippen MR) is 196 cm³/mol. The summed E-state index contributed by atoms with van der Waals surface area (Å²) in [7, 11) is 0. The molecule has 10 nitrogen and oxygen atoms in total. The molecule has 4 N–H and O–H groups in total. The van der Waals surface area contributed by atoms with E-state index in [2.05, 4.69) is 37.1 Å². The van der Waals surface area contributed by atoms with Crippen LogP contribution in [0.5, 0.6) is 0 Å². The molecule has 3 unspecified atom stereocenters. The van der Waals surface area contributed by atoms with E-state index in [0.717, 1.165) is 77.0 Å². The number of Topliss-reactive ketones (excluding diaryl/α,β-unsaturated/α-hetero) is 1. The zero-order chi connectivity index (χ0) is 37.1. The number of primary amides is 1. The third-order valence-electron chi connectivity index (χ3n) is 8.85. The molecule has 0 aromatic heterocycles. The van der Waals surface area contributed by atoms with Crippen LogP contribution in [-0.4, -0.2) is 65.3 Å². The lowest BCUT2D eigenvalue weighted by molar-refractivity contribution is -0.142. The molecule has 3 atom stereocenters. The van der Waals surface area contributed by atoms with Crippen molar-refractivity contribution in [3.8, 4) is 0 Å². The minimum atomic E-state index is -0.707. The van der Waals surface area contributed by atoms with Crippen molar-refractivity contribution in [1.82, 2.24) is 15.5 Å². The van der Waals surface area contributed by atoms with Crippen LogP contribution >= 0.6 is 0 Å². The predicted octanol–water partition coefficient (Wildman–Crippen LogP) is 7.85. The Bertz CT molecular complexity index is 886. The van der Waals surface area contributed by atoms with E-state index in [1.165, 1.54) is 19.8 Å². The van der Waals surface area contributed by atoms with Gasteiger partial charge in [0.2, 0.25) is 18.2 Å². The highest BCUT2D eigenvalue weighted by Crippen LogP contribution is 2.32. The maximum atomic E-state index is 13.9. The number of hydrogen-bond acceptors (Lipinski definition) is 6. The second kappa shape index (κ2) is 28.2. The van der Waals surface area contributed by atoms with Gasteiger partial charge in [0.05, 0.1) is 6.04 Å². The smallest absolute Gasteiger partial charge is 0.408 e. The Labute approximate surface area is 293 Å². The van der Waals surface area contributed by atoms with Crippen molar-refractivity contribution in [3.05, 3.63) is 0 Å². The second-order valence-corrected chi connectivity index (χ2v) is 13.4. The molecule has 0 aromatic carbocycles. The van der Waals surface area contributed by atoms with Crippen LogP contribution in [0.2, 0.25) is 0 Å². The summed E-state index contributed by atoms with van der Waals surface area (Å²) in [4.78, 5) is 62.8. The van der Waals surface area contributed by atoms with Gasteiger partial charge in [-0.3, -0.25) is 19.2 Å². The molecule has 2 saturated carbocycles. The van der Waals surface area contributed by atoms with E-state index in [9.17, 15) is 19.2 Å². The van der Waals surface area contributed by atoms with Crippen molar-refractivity contribution >= 4 is 30.1 Å². The molecule has 0 aromatic rings. The topological polar surface area (TPSA) is 148 Å². The van der Waals surface area contributed by atoms with Gasteiger partial charge < -0.3 is 26.0 Å². The molecule has 4 amide bonds. The fourth-order valence-electron chi connectivity index (χ4n) is 6.25. The molecule has 48 heavy (non-hydrogen) atoms. The molecule has 0 radical (unpaired) electrons. The highest BCUT2D eigenvalue weighted by Gasteiger charge is 2.42. The van der Waals surface area contributed by atoms with Gasteiger partial charge in [0.1, 0.15) is 17.7 Å². The number of amides is 4. The number of carbonyl (C=O) groups is 5. The van der Waals surface area contributed by atoms with Crippen molar-refractivity contribution in [2.45, 2.75) is 196 Å². The quantitative estimate of drug-likeness (QED) is 0.133. The summed E-state index contributed by atoms with van der Waals surface area (Å²) in [6.45, 7) is 20.2. The Kier molecular flexibility index (Phi) is 27.9. The van der Waals surface area contributed by atoms with Crippen molar-refractivity contribution in [2.75, 3.05) is 6.54 Å². The van der Waals surface area contributed by atoms with Crippen LogP contribution in [0.3, 0.4) is 0 Å². The van der Waals surface area contributed by atoms with E-state index in [0.29, 0.717) is 25.3 Å². The minimum absolute atomic E-state index is 0.0277. The third-order valence-corrected chi connectivity index (χ3v) is 8.85. The van der Waals surface area contributed by atoms with Gasteiger partial charge in [0.15, 0.2) is 5.78 Å². The van der Waals surface area contributed by atoms with Crippen LogP contribution in [0, 0.1) is 11.8 Å². The lowest BCUT2D eigenvalue weighted by Crippen LogP contribution is -2.57. The average molecular weight is 683 g/mol. The summed E-state index contributed by atoms with van der Waals surface area (Å²) in [5.41, 5.74) is 3.55. The molecule has 282 valence electrons. The molecule has 1 aliphatic heterocycles. The third kappa shape index (κ3) is 18.8. The maximum Gasteiger partial charge on any atom is 0.408 e. The molecule has 3 fully saturated rings. The first kappa shape index (κ1) is 47.5. The van der Waals surface area contributed by atoms with Gasteiger partial charge in [-0.05, 0) is 77.6 Å². The van der Waals surface area contributed by atoms with Crippen LogP contribution in [0.15, 0.2) is 0 Å². The molecule has 0 spiro atoms. The summed E-state index contributed by atoms with van der Waals surface area (Å²) < 4.78 is 5.79. The zero-order valence-electron chi connectivity index (χ0n) is 32.5. The van der Waals surface area contributed by atoms with E-state index in [1.807, 2.05) is 41.5 Å². The summed E-state index contributed by atoms with van der Waals surface area (Å²) in [6, 6.07) is -1.82. The number of ether oxygens (including phenoxy) is 1. The van der Waals surface area contributed by atoms with Crippen LogP contribution in [0.4, 0.5) is 4.79 Å². The van der Waals surface area contributed by atoms with E-state index >= 15 is 0 Å². The standard InChI is InChI=1S/C30H51N3O5.C3H8.2C2H6.CH3NO/c1-5-6-10-18-30(3,4)38-29(37)32-26(23-15-8-7-9-16-23)28(36)33-19-12-17-25(33)27(35)31-24(21(2)34)20-22-13-11-14-22;1-3-2;2*1-2;2-1-3/h22-26H,5-20H2,1-4H3,(H,31,35)(H,32,37);3H2,1-2H3;2*1-2H3;1H,(H2,2,3). The van der Waals surface area contributed by atoms with Gasteiger partial charge in [-0.1, -0.05) is 106 Å². The molecule has 0 bridgehead atoms. The molecule has 3 aliphatic rings. The summed E-state index contributed by atoms with van der Waals surface area (Å²) in [5.74, 6) is 0.0285. The van der Waals surface area contributed by atoms with Crippen LogP contribution in [0.1, 0.15) is 172 Å². The number of nitrogens with two attached hydrogens (primary N) is 1. The molecular formula is C38H74N4O6. The molecule has 2 aliphatic carbocycles. The van der Waals surface area contributed by atoms with E-state index < -0.39 is 29.8 Å². The zero-order valence-corrected chi connectivity index (χ0v) is 32.5. The lowest BCUT2D eigenvalue weighted by Gasteiger charge is -2.35. The van der Waals surface area contributed by atoms with Crippen molar-refractivity contribution < 1.29 is 28.7 Å². The van der Waals surface area contributed by atoms with Gasteiger partial charge in [0.25, 0.3) is 0 Å². The van der Waals surface area contributed by atoms with Crippen LogP contribution < -0.4 is 16.4 Å². The number of rotatable bonds is 13. The van der Waals surface area contributed by atoms with Crippen LogP contribution in [-0.2, 0) is 23.9 Å². The van der Waals surface area contributed by atoms with E-state index in [4.69, 9.17) is 9.53 Å². The normalized spacial score (nSPS) is 18.5. The Hall–Kier alpha value is -2.65. The van der Waals surface area contributed by atoms with Crippen molar-refractivity contribution in [2.24, 2.45) is 17.6 Å². The lowest BCUT2D eigenvalue weighted by atomic mass is 9.80. The summed E-state index contributed by atoms with van der Waals surface area (Å²) >= 11 is 0. The fraction of sp³-hybridized carbons (Fsp3) is 0.868. The number of alkyl carbamates (subject to hydrolysis) is 1. The molecular weight excluding hydrogens is 608 g/mol. The minimum Gasteiger partial charge on any atom is -0.444 e. The fourth-order valence-corrected chi connectivity index (χ4v) is 6.25. The molecule has 3 rings (SSSR count). The van der Waals surface area contributed by atoms with Crippen LogP contribution in [0.25, 0.3) is 0 Å². The number of ketones is 1. The van der Waals surface area contributed by atoms with Gasteiger partial charge in [-0.2, -0.15) is 0 Å². The van der Waals surface area contributed by atoms with Gasteiger partial charge in [0, 0.05) is 6.54 Å². The average Bonchev–Trinajstić information content (AvgIpc) is 3.54. The van der Waals surface area contributed by atoms with Gasteiger partial charge >= 0.3 is 6.09 Å². The number of unbranched alkanes of at least 4 members (excludes halogenated alkanes) is 2. The number of hydrogen-bond donors (Lipinski definition) is 3. The van der Waals surface area contributed by atoms with E-state index in [-0.39, 0.29) is 29.9 Å². The summed E-state index contributed by atoms with van der Waals surface area (Å²) in [6.07, 6.45) is 15.2. The highest BCUT2D eigenvalue weighted by atomic mass is 16.6. The van der Waals surface area contributed by atoms with Crippen molar-refractivity contribution in [1.29, 1.82) is 0 Å². The first-order valence-electron chi connectivity index (χ1n) is 19.2. The van der Waals surface area contributed by atoms with Gasteiger partial charge in [-0.15, -0.1) is 0 Å². The second-order valence-electron chi connectivity index (χ2n) is 13.4. The Morgan fingerprint density at radius 2 is 1.44 bits per heavy atom. The number of nitrogens with zero attached hydrogens (tertiary/aromatic N) is 1. The summed E-state index contributed by atoms with van der Waals surface area (Å²) in [5, 5.41) is 5.89. The monoisotopic (exact) mass is 683 g/mol. The maximum absolute atomic E-state index is 13.9. The first-order valence-corrected chi connectivity index (χ1v) is 19.2. The first-order chi connectivity index (χ1) is 22.9. The molecule has 1 saturated heterocycles. The SMILES string of the molecule is CC.CC.CCC.CCCCCC(C)(C)OC(=O)NC(C(=O)N1CCCC1C(=O)NC(CC1CCC1)C(C)=O)C1CCCCC1.NC=O. The molecule has 1 heterocycles. The number of nitrogens with one attached hydrogen (secondary N) is 2. The number of carbonyl (C=O) groups excluding carboxylic acids is 5. The van der Waals surface area contributed by atoms with Crippen molar-refractivity contribution in [3.63, 3.8) is 0 Å². The van der Waals surface area contributed by atoms with Gasteiger partial charge in [-0.25, -0.2) is 4.79 Å². The Balaban J connectivity index is 0. The Morgan fingerprint density at radius 1 is 0.875 bits per heavy atom. The molecule has 10 heteroatoms. The number of likely N-dealkylation sites (tertiary alicyclic amines) is 1.